The highest BCUT2D eigenvalue weighted by Crippen LogP contribution is 2.51. The van der Waals surface area contributed by atoms with E-state index in [2.05, 4.69) is 5.32 Å². The minimum atomic E-state index is -1.18. The standard InChI is InChI=1S/C28H33ClN2O7/c1-15(2)28(36)31(13-16-4-6-18(29)7-5-16)21-12-20(27(35)30-8-9-32)23-19-10-17(14-33)11-22(37-3)25(19)38-26(23)24(21)34/h4-7,10-12,15,21,23-24,26,32-34H,8-9,13-14H2,1-3H3,(H,30,35)/t21-,23+,24+,26+/m1/s1. The van der Waals surface area contributed by atoms with Gasteiger partial charge in [0.15, 0.2) is 11.5 Å². The molecule has 1 aliphatic heterocycles. The van der Waals surface area contributed by atoms with Gasteiger partial charge in [-0.3, -0.25) is 9.59 Å². The van der Waals surface area contributed by atoms with Gasteiger partial charge in [0.2, 0.25) is 11.8 Å². The lowest BCUT2D eigenvalue weighted by atomic mass is 9.77. The predicted molar refractivity (Wildman–Crippen MR) is 141 cm³/mol. The molecule has 10 heteroatoms. The van der Waals surface area contributed by atoms with Gasteiger partial charge in [-0.05, 0) is 41.5 Å². The molecule has 4 atom stereocenters. The Kier molecular flexibility index (Phi) is 8.62. The molecule has 9 nitrogen and oxygen atoms in total. The summed E-state index contributed by atoms with van der Waals surface area (Å²) in [5, 5.41) is 34.0. The second-order valence-corrected chi connectivity index (χ2v) is 10.2. The molecule has 4 N–H and O–H groups in total. The highest BCUT2D eigenvalue weighted by molar-refractivity contribution is 6.30. The van der Waals surface area contributed by atoms with E-state index in [-0.39, 0.29) is 38.1 Å². The van der Waals surface area contributed by atoms with Crippen LogP contribution in [0, 0.1) is 5.92 Å². The first-order chi connectivity index (χ1) is 18.2. The summed E-state index contributed by atoms with van der Waals surface area (Å²) < 4.78 is 11.7. The number of carbonyl (C=O) groups is 2. The molecule has 0 saturated carbocycles. The number of ether oxygens (including phenoxy) is 2. The van der Waals surface area contributed by atoms with Gasteiger partial charge >= 0.3 is 0 Å². The summed E-state index contributed by atoms with van der Waals surface area (Å²) in [6, 6.07) is 9.57. The fourth-order valence-electron chi connectivity index (χ4n) is 5.07. The minimum absolute atomic E-state index is 0.0356. The molecule has 0 fully saturated rings. The van der Waals surface area contributed by atoms with E-state index in [4.69, 9.17) is 21.1 Å². The first-order valence-electron chi connectivity index (χ1n) is 12.5. The van der Waals surface area contributed by atoms with E-state index in [1.807, 2.05) is 12.1 Å². The number of aliphatic hydroxyl groups is 3. The van der Waals surface area contributed by atoms with Crippen LogP contribution >= 0.6 is 11.6 Å². The second-order valence-electron chi connectivity index (χ2n) is 9.76. The Balaban J connectivity index is 1.82. The SMILES string of the molecule is COc1cc(CO)cc2c1O[C@@H]1[C@@H](O)[C@H](N(Cc3ccc(Cl)cc3)C(=O)C(C)C)C=C(C(=O)NCCO)[C@H]21. The first-order valence-corrected chi connectivity index (χ1v) is 12.9. The van der Waals surface area contributed by atoms with Gasteiger partial charge in [0.1, 0.15) is 12.2 Å². The van der Waals surface area contributed by atoms with Crippen LogP contribution in [-0.4, -0.2) is 70.5 Å². The number of nitrogens with zero attached hydrogens (tertiary/aromatic N) is 1. The monoisotopic (exact) mass is 544 g/mol. The lowest BCUT2D eigenvalue weighted by molar-refractivity contribution is -0.141. The normalized spacial score (nSPS) is 21.7. The summed E-state index contributed by atoms with van der Waals surface area (Å²) in [6.45, 7) is 3.27. The Hall–Kier alpha value is -3.11. The molecule has 0 saturated heterocycles. The van der Waals surface area contributed by atoms with Crippen LogP contribution in [0.15, 0.2) is 48.0 Å². The molecule has 0 unspecified atom stereocenters. The minimum Gasteiger partial charge on any atom is -0.493 e. The van der Waals surface area contributed by atoms with Gasteiger partial charge in [0, 0.05) is 35.2 Å². The number of amides is 2. The number of fused-ring (bicyclic) bond motifs is 3. The predicted octanol–water partition coefficient (Wildman–Crippen LogP) is 2.15. The van der Waals surface area contributed by atoms with Crippen molar-refractivity contribution in [2.75, 3.05) is 20.3 Å². The van der Waals surface area contributed by atoms with E-state index < -0.39 is 30.1 Å². The Labute approximate surface area is 226 Å². The molecule has 2 aromatic carbocycles. The van der Waals surface area contributed by atoms with Gasteiger partial charge in [0.05, 0.1) is 32.3 Å². The van der Waals surface area contributed by atoms with E-state index in [0.29, 0.717) is 33.2 Å². The van der Waals surface area contributed by atoms with Gasteiger partial charge in [-0.2, -0.15) is 0 Å². The number of methoxy groups -OCH3 is 1. The van der Waals surface area contributed by atoms with Crippen molar-refractivity contribution in [2.45, 2.75) is 51.2 Å². The maximum Gasteiger partial charge on any atom is 0.247 e. The van der Waals surface area contributed by atoms with E-state index in [1.165, 1.54) is 7.11 Å². The van der Waals surface area contributed by atoms with Crippen molar-refractivity contribution in [2.24, 2.45) is 5.92 Å². The maximum atomic E-state index is 13.4. The fraction of sp³-hybridized carbons (Fsp3) is 0.429. The molecule has 2 aliphatic rings. The van der Waals surface area contributed by atoms with Crippen LogP contribution in [0.4, 0.5) is 0 Å². The Bertz CT molecular complexity index is 1210. The zero-order valence-corrected chi connectivity index (χ0v) is 22.3. The van der Waals surface area contributed by atoms with Crippen LogP contribution in [0.2, 0.25) is 5.02 Å². The summed E-state index contributed by atoms with van der Waals surface area (Å²) in [5.41, 5.74) is 2.27. The summed E-state index contributed by atoms with van der Waals surface area (Å²) in [6.07, 6.45) is -0.463. The second kappa shape index (κ2) is 11.7. The van der Waals surface area contributed by atoms with Gasteiger partial charge < -0.3 is 35.0 Å². The Morgan fingerprint density at radius 2 is 1.87 bits per heavy atom. The van der Waals surface area contributed by atoms with Gasteiger partial charge in [0.25, 0.3) is 0 Å². The summed E-state index contributed by atoms with van der Waals surface area (Å²) in [4.78, 5) is 28.4. The van der Waals surface area contributed by atoms with Crippen LogP contribution in [0.1, 0.15) is 36.5 Å². The molecule has 38 heavy (non-hydrogen) atoms. The number of benzene rings is 2. The fourth-order valence-corrected chi connectivity index (χ4v) is 5.19. The number of nitrogens with one attached hydrogen (secondary N) is 1. The van der Waals surface area contributed by atoms with E-state index >= 15 is 0 Å². The molecular weight excluding hydrogens is 512 g/mol. The van der Waals surface area contributed by atoms with E-state index in [1.54, 1.807) is 49.1 Å². The van der Waals surface area contributed by atoms with Crippen molar-refractivity contribution in [3.8, 4) is 11.5 Å². The van der Waals surface area contributed by atoms with Crippen LogP contribution in [-0.2, 0) is 22.7 Å². The first kappa shape index (κ1) is 27.9. The molecule has 0 radical (unpaired) electrons. The molecule has 0 spiro atoms. The van der Waals surface area contributed by atoms with Crippen LogP contribution in [0.5, 0.6) is 11.5 Å². The largest absolute Gasteiger partial charge is 0.493 e. The number of carbonyl (C=O) groups excluding carboxylic acids is 2. The third-order valence-electron chi connectivity index (χ3n) is 6.90. The average Bonchev–Trinajstić information content (AvgIpc) is 3.31. The molecule has 1 heterocycles. The van der Waals surface area contributed by atoms with Crippen LogP contribution < -0.4 is 14.8 Å². The van der Waals surface area contributed by atoms with E-state index in [0.717, 1.165) is 5.56 Å². The van der Waals surface area contributed by atoms with Crippen molar-refractivity contribution >= 4 is 23.4 Å². The summed E-state index contributed by atoms with van der Waals surface area (Å²) in [5.74, 6) is -0.956. The quantitative estimate of drug-likeness (QED) is 0.381. The molecular formula is C28H33ClN2O7. The molecule has 0 bridgehead atoms. The van der Waals surface area contributed by atoms with Crippen molar-refractivity contribution in [3.05, 3.63) is 69.8 Å². The number of hydrogen-bond donors (Lipinski definition) is 4. The van der Waals surface area contributed by atoms with Crippen molar-refractivity contribution < 1.29 is 34.4 Å². The lowest BCUT2D eigenvalue weighted by Gasteiger charge is -2.41. The van der Waals surface area contributed by atoms with Crippen LogP contribution in [0.3, 0.4) is 0 Å². The third kappa shape index (κ3) is 5.37. The van der Waals surface area contributed by atoms with Gasteiger partial charge in [-0.25, -0.2) is 0 Å². The molecule has 4 rings (SSSR count). The van der Waals surface area contributed by atoms with Crippen molar-refractivity contribution in [1.82, 2.24) is 10.2 Å². The topological polar surface area (TPSA) is 129 Å². The number of hydrogen-bond acceptors (Lipinski definition) is 7. The number of rotatable bonds is 9. The zero-order valence-electron chi connectivity index (χ0n) is 21.6. The maximum absolute atomic E-state index is 13.4. The van der Waals surface area contributed by atoms with Crippen LogP contribution in [0.25, 0.3) is 0 Å². The molecule has 2 amide bonds. The smallest absolute Gasteiger partial charge is 0.247 e. The highest BCUT2D eigenvalue weighted by atomic mass is 35.5. The molecule has 1 aliphatic carbocycles. The Morgan fingerprint density at radius 1 is 1.16 bits per heavy atom. The summed E-state index contributed by atoms with van der Waals surface area (Å²) >= 11 is 6.05. The molecule has 2 aromatic rings. The lowest BCUT2D eigenvalue weighted by Crippen LogP contribution is -2.56. The number of halogens is 1. The highest BCUT2D eigenvalue weighted by Gasteiger charge is 2.51. The molecule has 204 valence electrons. The molecule has 0 aromatic heterocycles. The third-order valence-corrected chi connectivity index (χ3v) is 7.15. The van der Waals surface area contributed by atoms with Crippen molar-refractivity contribution in [3.63, 3.8) is 0 Å². The van der Waals surface area contributed by atoms with Crippen molar-refractivity contribution in [1.29, 1.82) is 0 Å². The van der Waals surface area contributed by atoms with Gasteiger partial charge in [-0.15, -0.1) is 0 Å². The average molecular weight is 545 g/mol. The van der Waals surface area contributed by atoms with E-state index in [9.17, 15) is 24.9 Å². The summed E-state index contributed by atoms with van der Waals surface area (Å²) in [7, 11) is 1.47. The Morgan fingerprint density at radius 3 is 2.47 bits per heavy atom. The van der Waals surface area contributed by atoms with Gasteiger partial charge in [-0.1, -0.05) is 37.6 Å². The number of aliphatic hydroxyl groups excluding tert-OH is 3. The zero-order chi connectivity index (χ0) is 27.6.